The molecule has 0 bridgehead atoms. The highest BCUT2D eigenvalue weighted by Crippen LogP contribution is 2.39. The lowest BCUT2D eigenvalue weighted by atomic mass is 10.0. The Morgan fingerprint density at radius 1 is 1.43 bits per heavy atom. The van der Waals surface area contributed by atoms with Gasteiger partial charge in [-0.15, -0.1) is 0 Å². The summed E-state index contributed by atoms with van der Waals surface area (Å²) in [4.78, 5) is 24.9. The summed E-state index contributed by atoms with van der Waals surface area (Å²) in [6.07, 6.45) is -0.347. The van der Waals surface area contributed by atoms with Crippen LogP contribution in [0.25, 0.3) is 0 Å². The summed E-state index contributed by atoms with van der Waals surface area (Å²) in [6.45, 7) is 0.399. The van der Waals surface area contributed by atoms with Gasteiger partial charge in [0.1, 0.15) is 6.23 Å². The topological polar surface area (TPSA) is 93.4 Å². The van der Waals surface area contributed by atoms with Crippen LogP contribution < -0.4 is 5.32 Å². The maximum Gasteiger partial charge on any atom is 0.244 e. The van der Waals surface area contributed by atoms with Gasteiger partial charge in [-0.1, -0.05) is 0 Å². The lowest BCUT2D eigenvalue weighted by Gasteiger charge is -2.31. The number of hydrogen-bond donors (Lipinski definition) is 2. The van der Waals surface area contributed by atoms with Crippen LogP contribution in [0.15, 0.2) is 12.1 Å². The van der Waals surface area contributed by atoms with Crippen molar-refractivity contribution >= 4 is 34.4 Å². The molecule has 21 heavy (non-hydrogen) atoms. The van der Waals surface area contributed by atoms with Crippen molar-refractivity contribution in [1.29, 1.82) is 5.26 Å². The number of amides is 2. The molecule has 1 saturated heterocycles. The lowest BCUT2D eigenvalue weighted by Crippen LogP contribution is -2.51. The number of benzene rings is 1. The van der Waals surface area contributed by atoms with E-state index in [-0.39, 0.29) is 18.2 Å². The third-order valence-electron chi connectivity index (χ3n) is 3.94. The Morgan fingerprint density at radius 2 is 2.19 bits per heavy atom. The van der Waals surface area contributed by atoms with Crippen LogP contribution >= 0.6 is 22.6 Å². The summed E-state index contributed by atoms with van der Waals surface area (Å²) < 4.78 is 0.954. The predicted octanol–water partition coefficient (Wildman–Crippen LogP) is 0.775. The van der Waals surface area contributed by atoms with Crippen LogP contribution in [0.4, 0.5) is 0 Å². The van der Waals surface area contributed by atoms with Gasteiger partial charge >= 0.3 is 0 Å². The molecule has 0 aromatic heterocycles. The first-order chi connectivity index (χ1) is 10.0. The third-order valence-corrected chi connectivity index (χ3v) is 4.95. The summed E-state index contributed by atoms with van der Waals surface area (Å²) in [5, 5.41) is 22.0. The van der Waals surface area contributed by atoms with Crippen LogP contribution in [0.5, 0.6) is 0 Å². The van der Waals surface area contributed by atoms with Gasteiger partial charge in [0.25, 0.3) is 0 Å². The number of fused-ring (bicyclic) bond motifs is 1. The Balaban J connectivity index is 1.96. The highest BCUT2D eigenvalue weighted by atomic mass is 127. The summed E-state index contributed by atoms with van der Waals surface area (Å²) in [5.41, 5.74) is 1.88. The van der Waals surface area contributed by atoms with Crippen molar-refractivity contribution in [1.82, 2.24) is 10.2 Å². The lowest BCUT2D eigenvalue weighted by molar-refractivity contribution is -0.141. The quantitative estimate of drug-likeness (QED) is 0.540. The average molecular weight is 397 g/mol. The number of hydrogen-bond acceptors (Lipinski definition) is 5. The van der Waals surface area contributed by atoms with Crippen molar-refractivity contribution in [2.45, 2.75) is 31.7 Å². The van der Waals surface area contributed by atoms with E-state index in [0.29, 0.717) is 24.1 Å². The zero-order valence-corrected chi connectivity index (χ0v) is 13.1. The van der Waals surface area contributed by atoms with Gasteiger partial charge < -0.3 is 5.11 Å². The Bertz CT molecular complexity index is 683. The van der Waals surface area contributed by atoms with E-state index < -0.39 is 12.3 Å². The van der Waals surface area contributed by atoms with Crippen LogP contribution in [-0.2, 0) is 16.1 Å². The second kappa shape index (κ2) is 5.36. The number of nitrogens with one attached hydrogen (secondary N) is 1. The molecule has 2 unspecified atom stereocenters. The Labute approximate surface area is 134 Å². The van der Waals surface area contributed by atoms with E-state index in [1.165, 1.54) is 0 Å². The number of aliphatic hydroxyl groups excluding tert-OH is 1. The van der Waals surface area contributed by atoms with Gasteiger partial charge in [-0.3, -0.25) is 19.8 Å². The van der Waals surface area contributed by atoms with Crippen molar-refractivity contribution in [3.05, 3.63) is 32.4 Å². The van der Waals surface area contributed by atoms with Crippen molar-refractivity contribution in [2.75, 3.05) is 0 Å². The van der Waals surface area contributed by atoms with Crippen molar-refractivity contribution in [2.24, 2.45) is 0 Å². The minimum atomic E-state index is -0.992. The standard InChI is InChI=1S/C14H12IN3O3/c15-9-2-1-7(5-16)12-8(9)6-18(14(12)21)10-3-4-11(19)17-13(10)20/h1-2,10,14,21H,3-4,6H2,(H,17,19,20). The number of aliphatic hydroxyl groups is 1. The van der Waals surface area contributed by atoms with E-state index in [0.717, 1.165) is 9.13 Å². The average Bonchev–Trinajstić information content (AvgIpc) is 2.79. The molecule has 2 N–H and O–H groups in total. The van der Waals surface area contributed by atoms with E-state index in [4.69, 9.17) is 0 Å². The minimum Gasteiger partial charge on any atom is -0.374 e. The van der Waals surface area contributed by atoms with Gasteiger partial charge in [-0.05, 0) is 46.7 Å². The van der Waals surface area contributed by atoms with Crippen LogP contribution in [0, 0.1) is 14.9 Å². The van der Waals surface area contributed by atoms with Crippen LogP contribution in [0.1, 0.15) is 35.8 Å². The predicted molar refractivity (Wildman–Crippen MR) is 80.5 cm³/mol. The first kappa shape index (κ1) is 14.4. The molecule has 2 atom stereocenters. The van der Waals surface area contributed by atoms with Crippen LogP contribution in [-0.4, -0.2) is 27.9 Å². The van der Waals surface area contributed by atoms with Gasteiger partial charge in [0.05, 0.1) is 17.7 Å². The van der Waals surface area contributed by atoms with Crippen molar-refractivity contribution in [3.63, 3.8) is 0 Å². The number of nitrogens with zero attached hydrogens (tertiary/aromatic N) is 2. The normalized spacial score (nSPS) is 25.4. The van der Waals surface area contributed by atoms with Gasteiger partial charge in [-0.25, -0.2) is 0 Å². The monoisotopic (exact) mass is 397 g/mol. The maximum atomic E-state index is 12.0. The Morgan fingerprint density at radius 3 is 2.86 bits per heavy atom. The molecule has 0 spiro atoms. The third kappa shape index (κ3) is 2.33. The van der Waals surface area contributed by atoms with Gasteiger partial charge in [0.2, 0.25) is 11.8 Å². The van der Waals surface area contributed by atoms with E-state index in [9.17, 15) is 20.0 Å². The summed E-state index contributed by atoms with van der Waals surface area (Å²) in [6, 6.07) is 5.04. The fraction of sp³-hybridized carbons (Fsp3) is 0.357. The highest BCUT2D eigenvalue weighted by Gasteiger charge is 2.41. The van der Waals surface area contributed by atoms with E-state index in [1.54, 1.807) is 11.0 Å². The molecule has 2 aliphatic rings. The molecule has 0 radical (unpaired) electrons. The van der Waals surface area contributed by atoms with Crippen LogP contribution in [0.3, 0.4) is 0 Å². The fourth-order valence-electron chi connectivity index (χ4n) is 2.91. The molecule has 3 rings (SSSR count). The largest absolute Gasteiger partial charge is 0.374 e. The Hall–Kier alpha value is -1.50. The molecule has 7 heteroatoms. The molecule has 0 saturated carbocycles. The number of nitriles is 1. The molecule has 108 valence electrons. The number of imide groups is 1. The minimum absolute atomic E-state index is 0.262. The molecule has 1 aromatic carbocycles. The Kier molecular flexibility index (Phi) is 3.69. The molecule has 1 fully saturated rings. The van der Waals surface area contributed by atoms with E-state index in [2.05, 4.69) is 34.0 Å². The first-order valence-electron chi connectivity index (χ1n) is 6.52. The zero-order chi connectivity index (χ0) is 15.1. The fourth-order valence-corrected chi connectivity index (χ4v) is 3.55. The van der Waals surface area contributed by atoms with E-state index in [1.807, 2.05) is 6.07 Å². The second-order valence-electron chi connectivity index (χ2n) is 5.11. The van der Waals surface area contributed by atoms with Gasteiger partial charge in [0, 0.05) is 22.1 Å². The summed E-state index contributed by atoms with van der Waals surface area (Å²) >= 11 is 2.16. The number of rotatable bonds is 1. The molecule has 6 nitrogen and oxygen atoms in total. The molecule has 1 aromatic rings. The number of piperidine rings is 1. The van der Waals surface area contributed by atoms with Crippen molar-refractivity contribution in [3.8, 4) is 6.07 Å². The van der Waals surface area contributed by atoms with Gasteiger partial charge in [-0.2, -0.15) is 5.26 Å². The molecular formula is C14H12IN3O3. The second-order valence-corrected chi connectivity index (χ2v) is 6.27. The van der Waals surface area contributed by atoms with Crippen molar-refractivity contribution < 1.29 is 14.7 Å². The van der Waals surface area contributed by atoms with E-state index >= 15 is 0 Å². The number of carbonyl (C=O) groups excluding carboxylic acids is 2. The zero-order valence-electron chi connectivity index (χ0n) is 11.0. The van der Waals surface area contributed by atoms with Gasteiger partial charge in [0.15, 0.2) is 0 Å². The summed E-state index contributed by atoms with van der Waals surface area (Å²) in [7, 11) is 0. The smallest absolute Gasteiger partial charge is 0.244 e. The molecular weight excluding hydrogens is 385 g/mol. The molecule has 0 aliphatic carbocycles. The molecule has 2 heterocycles. The number of halogens is 1. The SMILES string of the molecule is N#Cc1ccc(I)c2c1C(O)N(C1CCC(=O)NC1=O)C2. The molecule has 2 aliphatic heterocycles. The first-order valence-corrected chi connectivity index (χ1v) is 7.59. The summed E-state index contributed by atoms with van der Waals surface area (Å²) in [5.74, 6) is -0.665. The number of carbonyl (C=O) groups is 2. The van der Waals surface area contributed by atoms with Crippen LogP contribution in [0.2, 0.25) is 0 Å². The molecule has 2 amide bonds. The highest BCUT2D eigenvalue weighted by molar-refractivity contribution is 14.1. The maximum absolute atomic E-state index is 12.0.